The molecule has 0 unspecified atom stereocenters. The van der Waals surface area contributed by atoms with Crippen LogP contribution in [0.5, 0.6) is 0 Å². The second-order valence-corrected chi connectivity index (χ2v) is 7.28. The Labute approximate surface area is 139 Å². The van der Waals surface area contributed by atoms with Crippen molar-refractivity contribution in [2.45, 2.75) is 32.1 Å². The Hall–Kier alpha value is -1.55. The number of rotatable bonds is 6. The molecule has 1 aliphatic carbocycles. The van der Waals surface area contributed by atoms with E-state index in [0.717, 1.165) is 39.1 Å². The summed E-state index contributed by atoms with van der Waals surface area (Å²) in [5.41, 5.74) is 1.63. The standard InChI is InChI=1S/C19H28N2O2/c1-21(13-17-8-11-23-14-17)18(22)20-15-19(9-5-10-19)12-16-6-3-2-4-7-16/h2-4,6-7,17H,5,8-15H2,1H3,(H,20,22)/t17-/m0/s1. The monoisotopic (exact) mass is 316 g/mol. The minimum Gasteiger partial charge on any atom is -0.381 e. The van der Waals surface area contributed by atoms with Crippen LogP contribution in [0.15, 0.2) is 30.3 Å². The molecule has 0 spiro atoms. The van der Waals surface area contributed by atoms with Crippen LogP contribution < -0.4 is 5.32 Å². The molecule has 0 radical (unpaired) electrons. The third kappa shape index (κ3) is 4.25. The number of ether oxygens (including phenoxy) is 1. The zero-order valence-corrected chi connectivity index (χ0v) is 14.1. The van der Waals surface area contributed by atoms with Crippen molar-refractivity contribution in [2.24, 2.45) is 11.3 Å². The number of nitrogens with zero attached hydrogens (tertiary/aromatic N) is 1. The van der Waals surface area contributed by atoms with E-state index in [1.165, 1.54) is 24.8 Å². The molecular weight excluding hydrogens is 288 g/mol. The Morgan fingerprint density at radius 3 is 2.74 bits per heavy atom. The van der Waals surface area contributed by atoms with Crippen LogP contribution in [0.25, 0.3) is 0 Å². The van der Waals surface area contributed by atoms with Crippen LogP contribution in [0.4, 0.5) is 4.79 Å². The molecule has 0 aromatic heterocycles. The number of nitrogens with one attached hydrogen (secondary N) is 1. The summed E-state index contributed by atoms with van der Waals surface area (Å²) in [4.78, 5) is 14.2. The van der Waals surface area contributed by atoms with E-state index >= 15 is 0 Å². The average Bonchev–Trinajstić information content (AvgIpc) is 3.03. The van der Waals surface area contributed by atoms with E-state index in [1.807, 2.05) is 11.9 Å². The lowest BCUT2D eigenvalue weighted by molar-refractivity contribution is 0.125. The van der Waals surface area contributed by atoms with Crippen molar-refractivity contribution in [2.75, 3.05) is 33.4 Å². The molecule has 1 heterocycles. The van der Waals surface area contributed by atoms with E-state index in [1.54, 1.807) is 0 Å². The molecule has 4 heteroatoms. The van der Waals surface area contributed by atoms with Crippen LogP contribution in [-0.2, 0) is 11.2 Å². The summed E-state index contributed by atoms with van der Waals surface area (Å²) >= 11 is 0. The summed E-state index contributed by atoms with van der Waals surface area (Å²) < 4.78 is 5.39. The molecule has 1 aliphatic heterocycles. The van der Waals surface area contributed by atoms with Crippen LogP contribution in [0.2, 0.25) is 0 Å². The Balaban J connectivity index is 1.48. The molecule has 2 amide bonds. The average molecular weight is 316 g/mol. The second-order valence-electron chi connectivity index (χ2n) is 7.28. The number of carbonyl (C=O) groups excluding carboxylic acids is 1. The fourth-order valence-corrected chi connectivity index (χ4v) is 3.72. The van der Waals surface area contributed by atoms with Gasteiger partial charge >= 0.3 is 6.03 Å². The third-order valence-electron chi connectivity index (χ3n) is 5.35. The van der Waals surface area contributed by atoms with Crippen LogP contribution in [0.3, 0.4) is 0 Å². The van der Waals surface area contributed by atoms with Gasteiger partial charge in [0.1, 0.15) is 0 Å². The Kier molecular flexibility index (Phi) is 5.21. The third-order valence-corrected chi connectivity index (χ3v) is 5.35. The van der Waals surface area contributed by atoms with Gasteiger partial charge in [-0.25, -0.2) is 4.79 Å². The van der Waals surface area contributed by atoms with Crippen molar-refractivity contribution < 1.29 is 9.53 Å². The molecule has 2 aliphatic rings. The van der Waals surface area contributed by atoms with Crippen LogP contribution in [0, 0.1) is 11.3 Å². The Morgan fingerprint density at radius 2 is 2.13 bits per heavy atom. The maximum atomic E-state index is 12.3. The lowest BCUT2D eigenvalue weighted by atomic mass is 9.65. The summed E-state index contributed by atoms with van der Waals surface area (Å²) in [6.45, 7) is 3.19. The molecular formula is C19H28N2O2. The summed E-state index contributed by atoms with van der Waals surface area (Å²) in [5, 5.41) is 3.17. The van der Waals surface area contributed by atoms with Crippen molar-refractivity contribution in [1.29, 1.82) is 0 Å². The van der Waals surface area contributed by atoms with Gasteiger partial charge in [-0.2, -0.15) is 0 Å². The van der Waals surface area contributed by atoms with E-state index < -0.39 is 0 Å². The second kappa shape index (κ2) is 7.35. The molecule has 3 rings (SSSR count). The van der Waals surface area contributed by atoms with Gasteiger partial charge < -0.3 is 15.0 Å². The lowest BCUT2D eigenvalue weighted by Gasteiger charge is -2.42. The highest BCUT2D eigenvalue weighted by Crippen LogP contribution is 2.43. The number of amides is 2. The predicted molar refractivity (Wildman–Crippen MR) is 91.4 cm³/mol. The van der Waals surface area contributed by atoms with E-state index in [2.05, 4.69) is 35.6 Å². The summed E-state index contributed by atoms with van der Waals surface area (Å²) in [6, 6.07) is 10.7. The number of hydrogen-bond donors (Lipinski definition) is 1. The topological polar surface area (TPSA) is 41.6 Å². The maximum Gasteiger partial charge on any atom is 0.317 e. The predicted octanol–water partition coefficient (Wildman–Crippen LogP) is 3.08. The molecule has 23 heavy (non-hydrogen) atoms. The van der Waals surface area contributed by atoms with Crippen LogP contribution >= 0.6 is 0 Å². The minimum atomic E-state index is 0.0521. The van der Waals surface area contributed by atoms with E-state index in [4.69, 9.17) is 4.74 Å². The smallest absolute Gasteiger partial charge is 0.317 e. The SMILES string of the molecule is CN(C[C@@H]1CCOC1)C(=O)NCC1(Cc2ccccc2)CCC1. The first-order valence-electron chi connectivity index (χ1n) is 8.78. The maximum absolute atomic E-state index is 12.3. The molecule has 0 bridgehead atoms. The van der Waals surface area contributed by atoms with Gasteiger partial charge in [0.05, 0.1) is 6.61 Å². The first-order chi connectivity index (χ1) is 11.2. The first-order valence-corrected chi connectivity index (χ1v) is 8.78. The number of carbonyl (C=O) groups is 1. The molecule has 2 fully saturated rings. The molecule has 1 atom stereocenters. The Bertz CT molecular complexity index is 507. The van der Waals surface area contributed by atoms with E-state index in [9.17, 15) is 4.79 Å². The zero-order chi connectivity index (χ0) is 16.1. The van der Waals surface area contributed by atoms with Gasteiger partial charge in [0, 0.05) is 32.7 Å². The number of urea groups is 1. The van der Waals surface area contributed by atoms with Gasteiger partial charge in [-0.3, -0.25) is 0 Å². The molecule has 1 aromatic rings. The molecule has 1 N–H and O–H groups in total. The van der Waals surface area contributed by atoms with Crippen molar-refractivity contribution in [3.63, 3.8) is 0 Å². The van der Waals surface area contributed by atoms with Gasteiger partial charge in [0.25, 0.3) is 0 Å². The lowest BCUT2D eigenvalue weighted by Crippen LogP contribution is -2.48. The Morgan fingerprint density at radius 1 is 1.35 bits per heavy atom. The number of benzene rings is 1. The van der Waals surface area contributed by atoms with Crippen molar-refractivity contribution >= 4 is 6.03 Å². The summed E-state index contributed by atoms with van der Waals surface area (Å²) in [7, 11) is 1.89. The summed E-state index contributed by atoms with van der Waals surface area (Å²) in [6.07, 6.45) is 5.83. The van der Waals surface area contributed by atoms with E-state index in [0.29, 0.717) is 5.92 Å². The minimum absolute atomic E-state index is 0.0521. The van der Waals surface area contributed by atoms with Crippen LogP contribution in [0.1, 0.15) is 31.2 Å². The quantitative estimate of drug-likeness (QED) is 0.876. The largest absolute Gasteiger partial charge is 0.381 e. The highest BCUT2D eigenvalue weighted by molar-refractivity contribution is 5.73. The number of hydrogen-bond acceptors (Lipinski definition) is 2. The van der Waals surface area contributed by atoms with Gasteiger partial charge in [-0.1, -0.05) is 36.8 Å². The van der Waals surface area contributed by atoms with Crippen molar-refractivity contribution in [3.05, 3.63) is 35.9 Å². The fourth-order valence-electron chi connectivity index (χ4n) is 3.72. The van der Waals surface area contributed by atoms with Crippen molar-refractivity contribution in [3.8, 4) is 0 Å². The van der Waals surface area contributed by atoms with Crippen molar-refractivity contribution in [1.82, 2.24) is 10.2 Å². The normalized spacial score (nSPS) is 22.4. The first kappa shape index (κ1) is 16.3. The van der Waals surface area contributed by atoms with Gasteiger partial charge in [0.15, 0.2) is 0 Å². The zero-order valence-electron chi connectivity index (χ0n) is 14.1. The fraction of sp³-hybridized carbons (Fsp3) is 0.632. The van der Waals surface area contributed by atoms with Gasteiger partial charge in [-0.05, 0) is 36.7 Å². The highest BCUT2D eigenvalue weighted by atomic mass is 16.5. The van der Waals surface area contributed by atoms with Gasteiger partial charge in [0.2, 0.25) is 0 Å². The molecule has 1 saturated heterocycles. The van der Waals surface area contributed by atoms with Gasteiger partial charge in [-0.15, -0.1) is 0 Å². The highest BCUT2D eigenvalue weighted by Gasteiger charge is 2.37. The van der Waals surface area contributed by atoms with Crippen LogP contribution in [-0.4, -0.2) is 44.3 Å². The molecule has 1 aromatic carbocycles. The van der Waals surface area contributed by atoms with E-state index in [-0.39, 0.29) is 11.4 Å². The summed E-state index contributed by atoms with van der Waals surface area (Å²) in [5.74, 6) is 0.493. The molecule has 126 valence electrons. The molecule has 4 nitrogen and oxygen atoms in total. The molecule has 1 saturated carbocycles.